The maximum absolute atomic E-state index is 16.0. The molecule has 0 aromatic carbocycles. The maximum atomic E-state index is 16.0. The predicted molar refractivity (Wildman–Crippen MR) is 202 cm³/mol. The van der Waals surface area contributed by atoms with Crippen molar-refractivity contribution in [3.8, 4) is 5.88 Å². The molecule has 3 aromatic rings. The van der Waals surface area contributed by atoms with E-state index in [9.17, 15) is 19.0 Å². The van der Waals surface area contributed by atoms with E-state index in [4.69, 9.17) is 43.8 Å². The minimum absolute atomic E-state index is 0.00181. The van der Waals surface area contributed by atoms with Crippen LogP contribution in [-0.2, 0) is 48.4 Å². The Morgan fingerprint density at radius 2 is 1.96 bits per heavy atom. The Kier molecular flexibility index (Phi) is 12.0. The second-order valence-electron chi connectivity index (χ2n) is 15.1. The van der Waals surface area contributed by atoms with Gasteiger partial charge in [0, 0.05) is 24.1 Å². The topological polar surface area (TPSA) is 220 Å². The van der Waals surface area contributed by atoms with E-state index in [2.05, 4.69) is 42.5 Å². The average Bonchev–Trinajstić information content (AvgIpc) is 3.72. The molecule has 298 valence electrons. The highest BCUT2D eigenvalue weighted by Crippen LogP contribution is 2.59. The van der Waals surface area contributed by atoms with E-state index in [1.54, 1.807) is 13.8 Å². The zero-order valence-corrected chi connectivity index (χ0v) is 35.0. The van der Waals surface area contributed by atoms with Crippen molar-refractivity contribution in [3.63, 3.8) is 0 Å². The molecule has 18 nitrogen and oxygen atoms in total. The summed E-state index contributed by atoms with van der Waals surface area (Å²) < 4.78 is 74.0. The molecular formula is C30H44FN7O11P2S2Si. The predicted octanol–water partition coefficient (Wildman–Crippen LogP) is 4.67. The van der Waals surface area contributed by atoms with Gasteiger partial charge in [-0.2, -0.15) is 4.98 Å². The Morgan fingerprint density at radius 3 is 2.63 bits per heavy atom. The Bertz CT molecular complexity index is 2010. The summed E-state index contributed by atoms with van der Waals surface area (Å²) in [5.41, 5.74) is -0.735. The molecule has 1 saturated carbocycles. The first kappa shape index (κ1) is 41.4. The maximum Gasteiger partial charge on any atom is 0.386 e. The second-order valence-corrected chi connectivity index (χ2v) is 25.5. The number of aromatic nitrogens is 6. The first-order chi connectivity index (χ1) is 25.1. The second kappa shape index (κ2) is 15.6. The van der Waals surface area contributed by atoms with Crippen LogP contribution >= 0.6 is 25.8 Å². The molecule has 3 N–H and O–H groups in total. The zero-order valence-electron chi connectivity index (χ0n) is 30.5. The number of hydrogen-bond acceptors (Lipinski definition) is 15. The van der Waals surface area contributed by atoms with Crippen molar-refractivity contribution in [2.75, 3.05) is 18.5 Å². The number of thiol groups is 1. The molecule has 1 aliphatic carbocycles. The van der Waals surface area contributed by atoms with Gasteiger partial charge in [-0.25, -0.2) is 23.9 Å². The number of nitrogens with zero attached hydrogens (tertiary/aromatic N) is 5. The van der Waals surface area contributed by atoms with E-state index in [0.29, 0.717) is 0 Å². The summed E-state index contributed by atoms with van der Waals surface area (Å²) in [5, 5.41) is 2.24. The number of halogens is 1. The number of fused-ring (bicyclic) bond motifs is 4. The van der Waals surface area contributed by atoms with Crippen LogP contribution in [0.15, 0.2) is 29.7 Å². The van der Waals surface area contributed by atoms with Gasteiger partial charge in [0.15, 0.2) is 31.9 Å². The molecule has 54 heavy (non-hydrogen) atoms. The van der Waals surface area contributed by atoms with Crippen LogP contribution in [0.25, 0.3) is 11.2 Å². The number of rotatable bonds is 7. The van der Waals surface area contributed by atoms with E-state index < -0.39 is 101 Å². The highest BCUT2D eigenvalue weighted by Gasteiger charge is 2.55. The molecule has 5 heterocycles. The molecule has 3 aromatic heterocycles. The lowest BCUT2D eigenvalue weighted by Crippen LogP contribution is -2.50. The van der Waals surface area contributed by atoms with Crippen LogP contribution < -0.4 is 15.6 Å². The van der Waals surface area contributed by atoms with Crippen molar-refractivity contribution in [1.82, 2.24) is 29.5 Å². The van der Waals surface area contributed by atoms with Crippen LogP contribution in [0.2, 0.25) is 18.1 Å². The quantitative estimate of drug-likeness (QED) is 0.144. The van der Waals surface area contributed by atoms with E-state index in [0.717, 1.165) is 0 Å². The zero-order chi connectivity index (χ0) is 39.4. The number of ether oxygens (including phenoxy) is 2. The third kappa shape index (κ3) is 9.00. The number of carbonyl (C=O) groups is 1. The molecule has 2 aliphatic heterocycles. The van der Waals surface area contributed by atoms with Crippen LogP contribution in [0.3, 0.4) is 0 Å². The molecule has 0 spiro atoms. The van der Waals surface area contributed by atoms with Gasteiger partial charge in [-0.1, -0.05) is 46.9 Å². The molecule has 0 unspecified atom stereocenters. The Hall–Kier alpha value is -2.20. The molecule has 3 fully saturated rings. The van der Waals surface area contributed by atoms with Crippen molar-refractivity contribution in [2.45, 2.75) is 102 Å². The SMILES string of the molecule is CC(C)C(=O)Nc1nc2c(ncn2[C@@H]2O[C@@H]3CO[P@](=O)(S)O[C@@H]4[C@@H](CO[P@@](O)(=S)O[C@@H]2[C@@H]3O[Si](C)(C)C(C)(C)C)C[C@@H](Oc2ccncn2)[C@@H]4F)c(=O)[nH]1. The standard InChI is InChI=1S/C30H44FN7O11P2S2Si/c1-15(2)26(39)36-29-35-25-21(27(40)37-29)34-14-38(25)28-24-23(49-54(6,7)30(3,4)5)18(46-28)12-44-51(42,53)47-22-16(11-43-50(41,52)48-24)10-17(20(22)31)45-19-8-9-32-13-33-19/h8-9,13-18,20,22-24,28H,10-12H2,1-7H3,(H,41,52)(H,42,53)(H2,35,36,37,39,40)/t16-,17-,18-,20+,22-,23-,24-,28-,50-,51+/m1/s1. The van der Waals surface area contributed by atoms with Gasteiger partial charge in [0.2, 0.25) is 17.7 Å². The van der Waals surface area contributed by atoms with Crippen LogP contribution in [-0.4, -0.2) is 98.5 Å². The number of H-pyrrole nitrogens is 1. The lowest BCUT2D eigenvalue weighted by atomic mass is 10.1. The van der Waals surface area contributed by atoms with E-state index in [1.807, 2.05) is 33.9 Å². The summed E-state index contributed by atoms with van der Waals surface area (Å²) >= 11 is 9.75. The summed E-state index contributed by atoms with van der Waals surface area (Å²) in [5.74, 6) is -1.69. The molecule has 6 rings (SSSR count). The molecule has 0 radical (unpaired) electrons. The third-order valence-electron chi connectivity index (χ3n) is 9.85. The number of nitrogens with one attached hydrogen (secondary N) is 2. The normalized spacial score (nSPS) is 33.8. The molecule has 10 atom stereocenters. The molecule has 2 saturated heterocycles. The van der Waals surface area contributed by atoms with Gasteiger partial charge in [0.05, 0.1) is 19.5 Å². The highest BCUT2D eigenvalue weighted by atomic mass is 32.7. The number of alkyl halides is 1. The summed E-state index contributed by atoms with van der Waals surface area (Å²) in [6.45, 7) is 3.96. The van der Waals surface area contributed by atoms with E-state index >= 15 is 4.39 Å². The number of amides is 1. The molecule has 2 bridgehead atoms. The third-order valence-corrected chi connectivity index (χ3v) is 17.5. The molecule has 1 amide bonds. The first-order valence-electron chi connectivity index (χ1n) is 17.1. The van der Waals surface area contributed by atoms with Crippen molar-refractivity contribution in [3.05, 3.63) is 35.3 Å². The van der Waals surface area contributed by atoms with Crippen molar-refractivity contribution in [1.29, 1.82) is 0 Å². The molecular weight excluding hydrogens is 808 g/mol. The van der Waals surface area contributed by atoms with Crippen LogP contribution in [0.1, 0.15) is 47.3 Å². The summed E-state index contributed by atoms with van der Waals surface area (Å²) in [7, 11) is -2.70. The van der Waals surface area contributed by atoms with Gasteiger partial charge >= 0.3 is 13.5 Å². The van der Waals surface area contributed by atoms with Gasteiger partial charge in [-0.3, -0.25) is 38.0 Å². The average molecular weight is 852 g/mol. The lowest BCUT2D eigenvalue weighted by molar-refractivity contribution is -0.118. The Morgan fingerprint density at radius 1 is 1.22 bits per heavy atom. The minimum Gasteiger partial charge on any atom is -0.471 e. The van der Waals surface area contributed by atoms with Crippen LogP contribution in [0.4, 0.5) is 10.3 Å². The van der Waals surface area contributed by atoms with E-state index in [1.165, 1.54) is 29.5 Å². The first-order valence-corrected chi connectivity index (χ1v) is 25.3. The van der Waals surface area contributed by atoms with Gasteiger partial charge in [0.1, 0.15) is 36.8 Å². The van der Waals surface area contributed by atoms with Crippen LogP contribution in [0.5, 0.6) is 5.88 Å². The number of carbonyl (C=O) groups excluding carboxylic acids is 1. The van der Waals surface area contributed by atoms with Gasteiger partial charge in [0.25, 0.3) is 5.56 Å². The fourth-order valence-electron chi connectivity index (χ4n) is 5.95. The number of aromatic amines is 1. The highest BCUT2D eigenvalue weighted by molar-refractivity contribution is 8.44. The molecule has 24 heteroatoms. The van der Waals surface area contributed by atoms with E-state index in [-0.39, 0.29) is 34.5 Å². The van der Waals surface area contributed by atoms with Gasteiger partial charge in [-0.05, 0) is 36.4 Å². The number of anilines is 1. The fraction of sp³-hybridized carbons (Fsp3) is 0.667. The number of hydrogen-bond donors (Lipinski definition) is 4. The Balaban J connectivity index is 1.38. The smallest absolute Gasteiger partial charge is 0.386 e. The molecule has 3 aliphatic rings. The van der Waals surface area contributed by atoms with Gasteiger partial charge in [-0.15, -0.1) is 0 Å². The Labute approximate surface area is 321 Å². The van der Waals surface area contributed by atoms with Crippen molar-refractivity contribution in [2.24, 2.45) is 11.8 Å². The summed E-state index contributed by atoms with van der Waals surface area (Å²) in [6.07, 6.45) is -5.06. The van der Waals surface area contributed by atoms with Crippen molar-refractivity contribution >= 4 is 68.9 Å². The summed E-state index contributed by atoms with van der Waals surface area (Å²) in [4.78, 5) is 56.2. The number of imidazole rings is 1. The monoisotopic (exact) mass is 851 g/mol. The minimum atomic E-state index is -4.34. The lowest BCUT2D eigenvalue weighted by Gasteiger charge is -2.40. The largest absolute Gasteiger partial charge is 0.471 e. The summed E-state index contributed by atoms with van der Waals surface area (Å²) in [6, 6.07) is 1.46. The van der Waals surface area contributed by atoms with Crippen molar-refractivity contribution < 1.29 is 50.6 Å². The van der Waals surface area contributed by atoms with Crippen LogP contribution in [0, 0.1) is 11.8 Å². The fourth-order valence-corrected chi connectivity index (χ4v) is 10.2. The van der Waals surface area contributed by atoms with Gasteiger partial charge < -0.3 is 23.3 Å².